The summed E-state index contributed by atoms with van der Waals surface area (Å²) in [7, 11) is 1.90. The number of aliphatic hydroxyl groups is 1. The van der Waals surface area contributed by atoms with Crippen LogP contribution in [0.5, 0.6) is 11.6 Å². The SMILES string of the molecule is C=CCCC(O)CN(Cc1c(-c2ccccc2)nn(C)c1Oc1ccccc1Cl)CC1CC1. The standard InChI is InChI=1S/C27H32ClN3O2/c1-3-4-12-22(32)18-31(17-20-15-16-20)19-23-26(21-10-6-5-7-11-21)29-30(2)27(23)33-25-14-9-8-13-24(25)28/h3,5-11,13-14,20,22,32H,1,4,12,15-19H2,2H3. The highest BCUT2D eigenvalue weighted by Gasteiger charge is 2.28. The van der Waals surface area contributed by atoms with Crippen LogP contribution in [0.2, 0.25) is 5.02 Å². The lowest BCUT2D eigenvalue weighted by atomic mass is 10.1. The number of aromatic nitrogens is 2. The fourth-order valence-electron chi connectivity index (χ4n) is 4.07. The third-order valence-corrected chi connectivity index (χ3v) is 6.26. The highest BCUT2D eigenvalue weighted by atomic mass is 35.5. The van der Waals surface area contributed by atoms with Crippen molar-refractivity contribution >= 4 is 11.6 Å². The maximum absolute atomic E-state index is 10.6. The smallest absolute Gasteiger partial charge is 0.222 e. The number of hydrogen-bond donors (Lipinski definition) is 1. The second kappa shape index (κ2) is 11.0. The second-order valence-corrected chi connectivity index (χ2v) is 9.22. The van der Waals surface area contributed by atoms with Crippen LogP contribution < -0.4 is 4.74 Å². The van der Waals surface area contributed by atoms with Gasteiger partial charge in [-0.05, 0) is 43.7 Å². The van der Waals surface area contributed by atoms with E-state index in [1.165, 1.54) is 12.8 Å². The minimum absolute atomic E-state index is 0.397. The van der Waals surface area contributed by atoms with Crippen LogP contribution in [-0.4, -0.2) is 39.0 Å². The van der Waals surface area contributed by atoms with Crippen molar-refractivity contribution in [2.45, 2.75) is 38.3 Å². The summed E-state index contributed by atoms with van der Waals surface area (Å²) in [5.41, 5.74) is 2.93. The van der Waals surface area contributed by atoms with Crippen LogP contribution in [0.1, 0.15) is 31.2 Å². The number of allylic oxidation sites excluding steroid dienone is 1. The van der Waals surface area contributed by atoms with Gasteiger partial charge in [-0.25, -0.2) is 4.68 Å². The van der Waals surface area contributed by atoms with Gasteiger partial charge < -0.3 is 9.84 Å². The molecule has 6 heteroatoms. The van der Waals surface area contributed by atoms with Gasteiger partial charge in [0, 0.05) is 32.2 Å². The molecule has 1 aromatic heterocycles. The Bertz CT molecular complexity index is 1060. The molecule has 1 heterocycles. The van der Waals surface area contributed by atoms with E-state index >= 15 is 0 Å². The van der Waals surface area contributed by atoms with Crippen LogP contribution in [0.3, 0.4) is 0 Å². The molecule has 174 valence electrons. The molecule has 3 aromatic rings. The highest BCUT2D eigenvalue weighted by Crippen LogP contribution is 2.37. The Morgan fingerprint density at radius 1 is 1.21 bits per heavy atom. The zero-order valence-electron chi connectivity index (χ0n) is 19.2. The van der Waals surface area contributed by atoms with Crippen LogP contribution in [0.25, 0.3) is 11.3 Å². The summed E-state index contributed by atoms with van der Waals surface area (Å²) in [6, 6.07) is 17.6. The van der Waals surface area contributed by atoms with E-state index in [0.29, 0.717) is 42.1 Å². The van der Waals surface area contributed by atoms with Gasteiger partial charge in [0.15, 0.2) is 0 Å². The second-order valence-electron chi connectivity index (χ2n) is 8.81. The first-order chi connectivity index (χ1) is 16.0. The van der Waals surface area contributed by atoms with E-state index in [1.807, 2.05) is 55.6 Å². The molecule has 1 N–H and O–H groups in total. The van der Waals surface area contributed by atoms with Crippen molar-refractivity contribution in [3.63, 3.8) is 0 Å². The van der Waals surface area contributed by atoms with Crippen molar-refractivity contribution in [3.8, 4) is 22.9 Å². The van der Waals surface area contributed by atoms with Gasteiger partial charge in [-0.1, -0.05) is 60.1 Å². The molecular weight excluding hydrogens is 434 g/mol. The number of para-hydroxylation sites is 1. The van der Waals surface area contributed by atoms with Crippen molar-refractivity contribution < 1.29 is 9.84 Å². The minimum atomic E-state index is -0.397. The van der Waals surface area contributed by atoms with Crippen molar-refractivity contribution in [1.29, 1.82) is 0 Å². The van der Waals surface area contributed by atoms with Crippen LogP contribution in [0.4, 0.5) is 0 Å². The average Bonchev–Trinajstić information content (AvgIpc) is 3.58. The number of rotatable bonds is 12. The van der Waals surface area contributed by atoms with Crippen LogP contribution in [0.15, 0.2) is 67.3 Å². The van der Waals surface area contributed by atoms with Crippen molar-refractivity contribution in [3.05, 3.63) is 77.8 Å². The van der Waals surface area contributed by atoms with Gasteiger partial charge in [-0.15, -0.1) is 6.58 Å². The lowest BCUT2D eigenvalue weighted by molar-refractivity contribution is 0.0992. The molecule has 0 bridgehead atoms. The maximum Gasteiger partial charge on any atom is 0.222 e. The molecule has 1 saturated carbocycles. The third kappa shape index (κ3) is 6.26. The van der Waals surface area contributed by atoms with Gasteiger partial charge in [-0.2, -0.15) is 5.10 Å². The number of nitrogens with zero attached hydrogens (tertiary/aromatic N) is 3. The number of benzene rings is 2. The van der Waals surface area contributed by atoms with Crippen molar-refractivity contribution in [1.82, 2.24) is 14.7 Å². The van der Waals surface area contributed by atoms with Gasteiger partial charge in [0.25, 0.3) is 0 Å². The van der Waals surface area contributed by atoms with E-state index in [0.717, 1.165) is 29.8 Å². The highest BCUT2D eigenvalue weighted by molar-refractivity contribution is 6.32. The molecule has 1 aliphatic carbocycles. The van der Waals surface area contributed by atoms with E-state index < -0.39 is 6.10 Å². The fraction of sp³-hybridized carbons (Fsp3) is 0.370. The Balaban J connectivity index is 1.68. The lowest BCUT2D eigenvalue weighted by Crippen LogP contribution is -2.33. The lowest BCUT2D eigenvalue weighted by Gasteiger charge is -2.25. The van der Waals surface area contributed by atoms with Gasteiger partial charge in [-0.3, -0.25) is 4.90 Å². The van der Waals surface area contributed by atoms with Gasteiger partial charge in [0.1, 0.15) is 11.4 Å². The van der Waals surface area contributed by atoms with Crippen LogP contribution in [0, 0.1) is 5.92 Å². The summed E-state index contributed by atoms with van der Waals surface area (Å²) in [5, 5.41) is 16.0. The van der Waals surface area contributed by atoms with Crippen LogP contribution >= 0.6 is 11.6 Å². The molecule has 5 nitrogen and oxygen atoms in total. The first-order valence-electron chi connectivity index (χ1n) is 11.6. The molecule has 1 fully saturated rings. The molecule has 33 heavy (non-hydrogen) atoms. The van der Waals surface area contributed by atoms with E-state index in [-0.39, 0.29) is 0 Å². The minimum Gasteiger partial charge on any atom is -0.437 e. The zero-order chi connectivity index (χ0) is 23.2. The van der Waals surface area contributed by atoms with E-state index in [1.54, 1.807) is 4.68 Å². The van der Waals surface area contributed by atoms with E-state index in [2.05, 4.69) is 23.6 Å². The molecule has 0 radical (unpaired) electrons. The van der Waals surface area contributed by atoms with Crippen LogP contribution in [-0.2, 0) is 13.6 Å². The topological polar surface area (TPSA) is 50.5 Å². The van der Waals surface area contributed by atoms with Gasteiger partial charge in [0.05, 0.1) is 16.7 Å². The van der Waals surface area contributed by atoms with E-state index in [9.17, 15) is 5.11 Å². The molecular formula is C27H32ClN3O2. The Hall–Kier alpha value is -2.60. The van der Waals surface area contributed by atoms with Gasteiger partial charge in [0.2, 0.25) is 5.88 Å². The normalized spacial score (nSPS) is 14.4. The van der Waals surface area contributed by atoms with Crippen molar-refractivity contribution in [2.24, 2.45) is 13.0 Å². The predicted molar refractivity (Wildman–Crippen MR) is 134 cm³/mol. The molecule has 0 amide bonds. The number of aliphatic hydroxyl groups excluding tert-OH is 1. The Labute approximate surface area is 201 Å². The number of halogens is 1. The van der Waals surface area contributed by atoms with Crippen molar-refractivity contribution in [2.75, 3.05) is 13.1 Å². The number of aryl methyl sites for hydroxylation is 1. The molecule has 1 unspecified atom stereocenters. The van der Waals surface area contributed by atoms with E-state index in [4.69, 9.17) is 21.4 Å². The van der Waals surface area contributed by atoms with Gasteiger partial charge >= 0.3 is 0 Å². The molecule has 0 saturated heterocycles. The predicted octanol–water partition coefficient (Wildman–Crippen LogP) is 6.07. The monoisotopic (exact) mass is 465 g/mol. The molecule has 2 aromatic carbocycles. The summed E-state index contributed by atoms with van der Waals surface area (Å²) in [4.78, 5) is 2.34. The first-order valence-corrected chi connectivity index (χ1v) is 12.0. The summed E-state index contributed by atoms with van der Waals surface area (Å²) >= 11 is 6.40. The Morgan fingerprint density at radius 2 is 1.94 bits per heavy atom. The third-order valence-electron chi connectivity index (χ3n) is 5.95. The zero-order valence-corrected chi connectivity index (χ0v) is 19.9. The fourth-order valence-corrected chi connectivity index (χ4v) is 4.25. The maximum atomic E-state index is 10.6. The number of ether oxygens (including phenoxy) is 1. The molecule has 1 aliphatic rings. The molecule has 4 rings (SSSR count). The summed E-state index contributed by atoms with van der Waals surface area (Å²) in [6.07, 6.45) is 5.49. The summed E-state index contributed by atoms with van der Waals surface area (Å²) < 4.78 is 8.11. The molecule has 1 atom stereocenters. The summed E-state index contributed by atoms with van der Waals surface area (Å²) in [6.45, 7) is 5.99. The molecule has 0 spiro atoms. The quantitative estimate of drug-likeness (QED) is 0.330. The first kappa shape index (κ1) is 23.6. The summed E-state index contributed by atoms with van der Waals surface area (Å²) in [5.74, 6) is 1.97. The Kier molecular flexibility index (Phi) is 7.86. The Morgan fingerprint density at radius 3 is 2.64 bits per heavy atom. The molecule has 0 aliphatic heterocycles. The average molecular weight is 466 g/mol. The largest absolute Gasteiger partial charge is 0.437 e. The number of hydrogen-bond acceptors (Lipinski definition) is 4.